The summed E-state index contributed by atoms with van der Waals surface area (Å²) in [6.45, 7) is 2.46. The quantitative estimate of drug-likeness (QED) is 0.647. The van der Waals surface area contributed by atoms with E-state index < -0.39 is 0 Å². The number of nitrogens with zero attached hydrogens (tertiary/aromatic N) is 1. The molecule has 1 aromatic rings. The standard InChI is InChI=1S/C19H27N3O3/c20-18(22-15-3-1-2-4-15)21-12-19(7-9-23-10-8-19)14-5-6-16-17(11-14)25-13-24-16/h5-6,11,15H,1-4,7-10,12-13H2,(H3,20,21,22). The normalized spacial score (nSPS) is 23.0. The van der Waals surface area contributed by atoms with Crippen LogP contribution >= 0.6 is 0 Å². The summed E-state index contributed by atoms with van der Waals surface area (Å²) in [4.78, 5) is 4.71. The Balaban J connectivity index is 1.52. The van der Waals surface area contributed by atoms with E-state index in [9.17, 15) is 0 Å². The van der Waals surface area contributed by atoms with Gasteiger partial charge in [0.1, 0.15) is 0 Å². The van der Waals surface area contributed by atoms with Crippen molar-refractivity contribution in [1.82, 2.24) is 5.32 Å². The van der Waals surface area contributed by atoms with Gasteiger partial charge in [0.05, 0.1) is 6.54 Å². The van der Waals surface area contributed by atoms with E-state index in [2.05, 4.69) is 17.4 Å². The number of ether oxygens (including phenoxy) is 3. The molecule has 0 unspecified atom stereocenters. The highest BCUT2D eigenvalue weighted by atomic mass is 16.7. The van der Waals surface area contributed by atoms with E-state index in [1.54, 1.807) is 0 Å². The largest absolute Gasteiger partial charge is 0.454 e. The minimum Gasteiger partial charge on any atom is -0.454 e. The van der Waals surface area contributed by atoms with Gasteiger partial charge in [-0.3, -0.25) is 4.99 Å². The maximum Gasteiger partial charge on any atom is 0.231 e. The zero-order valence-corrected chi connectivity index (χ0v) is 14.6. The third kappa shape index (κ3) is 3.54. The fourth-order valence-electron chi connectivity index (χ4n) is 4.09. The van der Waals surface area contributed by atoms with E-state index in [0.717, 1.165) is 37.6 Å². The Morgan fingerprint density at radius 2 is 1.92 bits per heavy atom. The van der Waals surface area contributed by atoms with E-state index in [0.29, 0.717) is 25.3 Å². The van der Waals surface area contributed by atoms with Crippen LogP contribution in [0.1, 0.15) is 44.1 Å². The first kappa shape index (κ1) is 16.5. The average molecular weight is 345 g/mol. The molecule has 6 nitrogen and oxygen atoms in total. The van der Waals surface area contributed by atoms with Crippen LogP contribution in [0.2, 0.25) is 0 Å². The second-order valence-electron chi connectivity index (χ2n) is 7.29. The number of fused-ring (bicyclic) bond motifs is 1. The Labute approximate surface area is 148 Å². The molecule has 0 aromatic heterocycles. The lowest BCUT2D eigenvalue weighted by molar-refractivity contribution is 0.0530. The average Bonchev–Trinajstić information content (AvgIpc) is 3.31. The van der Waals surface area contributed by atoms with Crippen LogP contribution in [0.3, 0.4) is 0 Å². The molecule has 1 aliphatic carbocycles. The second-order valence-corrected chi connectivity index (χ2v) is 7.29. The minimum atomic E-state index is -0.0544. The Morgan fingerprint density at radius 1 is 1.16 bits per heavy atom. The lowest BCUT2D eigenvalue weighted by Gasteiger charge is -2.36. The predicted octanol–water partition coefficient (Wildman–Crippen LogP) is 2.31. The zero-order chi connectivity index (χ0) is 17.1. The summed E-state index contributed by atoms with van der Waals surface area (Å²) in [7, 11) is 0. The van der Waals surface area contributed by atoms with Gasteiger partial charge >= 0.3 is 0 Å². The molecule has 1 saturated heterocycles. The molecule has 0 spiro atoms. The Kier molecular flexibility index (Phi) is 4.70. The molecule has 25 heavy (non-hydrogen) atoms. The summed E-state index contributed by atoms with van der Waals surface area (Å²) in [5, 5.41) is 3.38. The van der Waals surface area contributed by atoms with Gasteiger partial charge in [0.2, 0.25) is 6.79 Å². The zero-order valence-electron chi connectivity index (χ0n) is 14.6. The summed E-state index contributed by atoms with van der Waals surface area (Å²) < 4.78 is 16.6. The van der Waals surface area contributed by atoms with Crippen molar-refractivity contribution in [2.45, 2.75) is 50.0 Å². The number of aliphatic imine (C=N–C) groups is 1. The third-order valence-electron chi connectivity index (χ3n) is 5.69. The first-order valence-electron chi connectivity index (χ1n) is 9.30. The van der Waals surface area contributed by atoms with Crippen molar-refractivity contribution in [2.24, 2.45) is 10.7 Å². The molecule has 0 amide bonds. The molecule has 2 heterocycles. The molecular formula is C19H27N3O3. The van der Waals surface area contributed by atoms with Crippen LogP contribution in [0.25, 0.3) is 0 Å². The lowest BCUT2D eigenvalue weighted by atomic mass is 9.74. The van der Waals surface area contributed by atoms with Crippen molar-refractivity contribution in [1.29, 1.82) is 0 Å². The molecule has 2 aliphatic heterocycles. The van der Waals surface area contributed by atoms with Crippen molar-refractivity contribution < 1.29 is 14.2 Å². The summed E-state index contributed by atoms with van der Waals surface area (Å²) in [6, 6.07) is 6.72. The molecule has 4 rings (SSSR count). The number of hydrogen-bond donors (Lipinski definition) is 2. The van der Waals surface area contributed by atoms with E-state index >= 15 is 0 Å². The highest BCUT2D eigenvalue weighted by Gasteiger charge is 2.35. The van der Waals surface area contributed by atoms with Crippen molar-refractivity contribution in [3.05, 3.63) is 23.8 Å². The number of nitrogens with one attached hydrogen (secondary N) is 1. The highest BCUT2D eigenvalue weighted by molar-refractivity contribution is 5.78. The molecule has 0 radical (unpaired) electrons. The van der Waals surface area contributed by atoms with Gasteiger partial charge in [-0.2, -0.15) is 0 Å². The summed E-state index contributed by atoms with van der Waals surface area (Å²) in [6.07, 6.45) is 6.82. The molecule has 0 atom stereocenters. The first-order chi connectivity index (χ1) is 12.3. The monoisotopic (exact) mass is 345 g/mol. The summed E-state index contributed by atoms with van der Waals surface area (Å²) in [5.41, 5.74) is 7.34. The van der Waals surface area contributed by atoms with Crippen molar-refractivity contribution in [2.75, 3.05) is 26.6 Å². The van der Waals surface area contributed by atoms with Crippen LogP contribution in [0, 0.1) is 0 Å². The fraction of sp³-hybridized carbons (Fsp3) is 0.632. The van der Waals surface area contributed by atoms with Crippen molar-refractivity contribution >= 4 is 5.96 Å². The van der Waals surface area contributed by atoms with Gasteiger partial charge in [0.15, 0.2) is 17.5 Å². The molecule has 3 aliphatic rings. The van der Waals surface area contributed by atoms with E-state index in [4.69, 9.17) is 24.9 Å². The highest BCUT2D eigenvalue weighted by Crippen LogP contribution is 2.41. The van der Waals surface area contributed by atoms with Gasteiger partial charge in [-0.25, -0.2) is 0 Å². The molecule has 1 saturated carbocycles. The number of rotatable bonds is 4. The molecular weight excluding hydrogens is 318 g/mol. The van der Waals surface area contributed by atoms with Crippen molar-refractivity contribution in [3.63, 3.8) is 0 Å². The van der Waals surface area contributed by atoms with Crippen molar-refractivity contribution in [3.8, 4) is 11.5 Å². The first-order valence-corrected chi connectivity index (χ1v) is 9.30. The summed E-state index contributed by atoms with van der Waals surface area (Å²) in [5.74, 6) is 2.21. The van der Waals surface area contributed by atoms with Gasteiger partial charge < -0.3 is 25.3 Å². The van der Waals surface area contributed by atoms with Crippen LogP contribution in [0.4, 0.5) is 0 Å². The van der Waals surface area contributed by atoms with E-state index in [1.807, 2.05) is 6.07 Å². The molecule has 2 fully saturated rings. The Morgan fingerprint density at radius 3 is 2.72 bits per heavy atom. The van der Waals surface area contributed by atoms with Crippen LogP contribution in [-0.4, -0.2) is 38.6 Å². The lowest BCUT2D eigenvalue weighted by Crippen LogP contribution is -2.41. The van der Waals surface area contributed by atoms with Crippen LogP contribution in [-0.2, 0) is 10.2 Å². The molecule has 6 heteroatoms. The molecule has 0 bridgehead atoms. The molecule has 136 valence electrons. The van der Waals surface area contributed by atoms with Gasteiger partial charge in [-0.1, -0.05) is 18.9 Å². The maximum atomic E-state index is 6.16. The Bertz CT molecular complexity index is 635. The van der Waals surface area contributed by atoms with E-state index in [-0.39, 0.29) is 5.41 Å². The number of guanidine groups is 1. The molecule has 3 N–H and O–H groups in total. The van der Waals surface area contributed by atoms with Crippen LogP contribution < -0.4 is 20.5 Å². The van der Waals surface area contributed by atoms with Gasteiger partial charge in [0, 0.05) is 24.7 Å². The van der Waals surface area contributed by atoms with Crippen LogP contribution in [0.15, 0.2) is 23.2 Å². The van der Waals surface area contributed by atoms with Crippen LogP contribution in [0.5, 0.6) is 11.5 Å². The second kappa shape index (κ2) is 7.12. The SMILES string of the molecule is NC(=NCC1(c2ccc3c(c2)OCO3)CCOCC1)NC1CCCC1. The van der Waals surface area contributed by atoms with Gasteiger partial charge in [-0.05, 0) is 43.4 Å². The number of nitrogens with two attached hydrogens (primary N) is 1. The third-order valence-corrected chi connectivity index (χ3v) is 5.69. The Hall–Kier alpha value is -1.95. The topological polar surface area (TPSA) is 78.1 Å². The van der Waals surface area contributed by atoms with E-state index in [1.165, 1.54) is 31.2 Å². The number of benzene rings is 1. The van der Waals surface area contributed by atoms with Gasteiger partial charge in [-0.15, -0.1) is 0 Å². The molecule has 1 aromatic carbocycles. The predicted molar refractivity (Wildman–Crippen MR) is 96.2 cm³/mol. The summed E-state index contributed by atoms with van der Waals surface area (Å²) >= 11 is 0. The smallest absolute Gasteiger partial charge is 0.231 e. The maximum absolute atomic E-state index is 6.16. The van der Waals surface area contributed by atoms with Gasteiger partial charge in [0.25, 0.3) is 0 Å². The fourth-order valence-corrected chi connectivity index (χ4v) is 4.09. The number of hydrogen-bond acceptors (Lipinski definition) is 4. The minimum absolute atomic E-state index is 0.0544.